The standard InChI is InChI=1S/C16H16F3NO4S.ClH/c1-25(21,22)13-4-2-3-11(9-13)12-5-6-14(24-16(17,18)19)15(10-12)23-8-7-20;/h2-6,9-10H,7-8,20H2,1H3;1H. The number of rotatable bonds is 6. The summed E-state index contributed by atoms with van der Waals surface area (Å²) in [5.74, 6) is -0.631. The molecular weight excluding hydrogens is 395 g/mol. The van der Waals surface area contributed by atoms with Crippen molar-refractivity contribution in [1.82, 2.24) is 0 Å². The van der Waals surface area contributed by atoms with Crippen LogP contribution in [0.25, 0.3) is 11.1 Å². The Hall–Kier alpha value is -1.97. The minimum Gasteiger partial charge on any atom is -0.488 e. The molecule has 2 rings (SSSR count). The van der Waals surface area contributed by atoms with Crippen molar-refractivity contribution >= 4 is 22.2 Å². The molecule has 0 fully saturated rings. The second-order valence-electron chi connectivity index (χ2n) is 5.15. The molecule has 0 aliphatic heterocycles. The van der Waals surface area contributed by atoms with Crippen LogP contribution in [0.4, 0.5) is 13.2 Å². The summed E-state index contributed by atoms with van der Waals surface area (Å²) in [6.45, 7) is 0.111. The molecular formula is C16H17ClF3NO4S. The van der Waals surface area contributed by atoms with Crippen LogP contribution in [0.1, 0.15) is 0 Å². The predicted octanol–water partition coefficient (Wildman–Crippen LogP) is 3.42. The first-order valence-corrected chi connectivity index (χ1v) is 9.02. The molecule has 0 amide bonds. The molecule has 2 aromatic carbocycles. The molecule has 2 aromatic rings. The molecule has 10 heteroatoms. The maximum atomic E-state index is 12.5. The molecule has 0 bridgehead atoms. The van der Waals surface area contributed by atoms with Crippen LogP contribution < -0.4 is 15.2 Å². The summed E-state index contributed by atoms with van der Waals surface area (Å²) in [5.41, 5.74) is 6.31. The first kappa shape index (κ1) is 22.1. The first-order chi connectivity index (χ1) is 11.6. The molecule has 5 nitrogen and oxygen atoms in total. The Balaban J connectivity index is 0.00000338. The number of halogens is 4. The molecule has 0 heterocycles. The van der Waals surface area contributed by atoms with Gasteiger partial charge in [0.05, 0.1) is 4.90 Å². The van der Waals surface area contributed by atoms with Gasteiger partial charge in [-0.3, -0.25) is 0 Å². The Morgan fingerprint density at radius 3 is 2.27 bits per heavy atom. The van der Waals surface area contributed by atoms with E-state index in [4.69, 9.17) is 10.5 Å². The van der Waals surface area contributed by atoms with Crippen molar-refractivity contribution in [3.8, 4) is 22.6 Å². The van der Waals surface area contributed by atoms with Crippen LogP contribution >= 0.6 is 12.4 Å². The third-order valence-electron chi connectivity index (χ3n) is 3.14. The topological polar surface area (TPSA) is 78.6 Å². The fourth-order valence-electron chi connectivity index (χ4n) is 2.08. The molecule has 0 saturated carbocycles. The van der Waals surface area contributed by atoms with Gasteiger partial charge in [0.2, 0.25) is 0 Å². The van der Waals surface area contributed by atoms with Gasteiger partial charge in [-0.05, 0) is 35.4 Å². The zero-order valence-corrected chi connectivity index (χ0v) is 15.2. The van der Waals surface area contributed by atoms with Crippen LogP contribution in [0, 0.1) is 0 Å². The van der Waals surface area contributed by atoms with Crippen LogP contribution in [0.15, 0.2) is 47.4 Å². The normalized spacial score (nSPS) is 11.6. The minimum atomic E-state index is -4.86. The van der Waals surface area contributed by atoms with Crippen molar-refractivity contribution in [3.63, 3.8) is 0 Å². The molecule has 2 N–H and O–H groups in total. The van der Waals surface area contributed by atoms with E-state index < -0.39 is 21.9 Å². The van der Waals surface area contributed by atoms with E-state index in [1.54, 1.807) is 12.1 Å². The molecule has 0 spiro atoms. The lowest BCUT2D eigenvalue weighted by atomic mass is 10.1. The van der Waals surface area contributed by atoms with Gasteiger partial charge in [0, 0.05) is 12.8 Å². The lowest BCUT2D eigenvalue weighted by Gasteiger charge is -2.15. The van der Waals surface area contributed by atoms with E-state index in [1.165, 1.54) is 24.3 Å². The Morgan fingerprint density at radius 1 is 1.04 bits per heavy atom. The molecule has 0 saturated heterocycles. The number of alkyl halides is 3. The highest BCUT2D eigenvalue weighted by atomic mass is 35.5. The van der Waals surface area contributed by atoms with Gasteiger partial charge < -0.3 is 15.2 Å². The predicted molar refractivity (Wildman–Crippen MR) is 93.5 cm³/mol. The number of hydrogen-bond acceptors (Lipinski definition) is 5. The van der Waals surface area contributed by atoms with E-state index in [-0.39, 0.29) is 36.2 Å². The summed E-state index contributed by atoms with van der Waals surface area (Å²) < 4.78 is 69.9. The largest absolute Gasteiger partial charge is 0.573 e. The van der Waals surface area contributed by atoms with Crippen LogP contribution in [0.5, 0.6) is 11.5 Å². The third-order valence-corrected chi connectivity index (χ3v) is 4.25. The van der Waals surface area contributed by atoms with Crippen molar-refractivity contribution in [1.29, 1.82) is 0 Å². The van der Waals surface area contributed by atoms with E-state index in [1.807, 2.05) is 0 Å². The molecule has 26 heavy (non-hydrogen) atoms. The number of nitrogens with two attached hydrogens (primary N) is 1. The molecule has 144 valence electrons. The second-order valence-corrected chi connectivity index (χ2v) is 7.16. The average molecular weight is 412 g/mol. The van der Waals surface area contributed by atoms with E-state index in [0.29, 0.717) is 11.1 Å². The van der Waals surface area contributed by atoms with Gasteiger partial charge in [0.1, 0.15) is 6.61 Å². The summed E-state index contributed by atoms with van der Waals surface area (Å²) in [4.78, 5) is 0.102. The van der Waals surface area contributed by atoms with E-state index in [9.17, 15) is 21.6 Å². The summed E-state index contributed by atoms with van der Waals surface area (Å²) in [6, 6.07) is 9.90. The van der Waals surface area contributed by atoms with Gasteiger partial charge in [-0.25, -0.2) is 8.42 Å². The fourth-order valence-corrected chi connectivity index (χ4v) is 2.75. The molecule has 0 radical (unpaired) electrons. The Labute approximate surface area is 155 Å². The van der Waals surface area contributed by atoms with Crippen molar-refractivity contribution in [2.75, 3.05) is 19.4 Å². The Bertz CT molecular complexity index is 857. The SMILES string of the molecule is CS(=O)(=O)c1cccc(-c2ccc(OC(F)(F)F)c(OCCN)c2)c1.Cl. The Morgan fingerprint density at radius 2 is 1.69 bits per heavy atom. The van der Waals surface area contributed by atoms with Crippen LogP contribution in [0.2, 0.25) is 0 Å². The highest BCUT2D eigenvalue weighted by Gasteiger charge is 2.32. The molecule has 0 aliphatic carbocycles. The van der Waals surface area contributed by atoms with E-state index in [2.05, 4.69) is 4.74 Å². The van der Waals surface area contributed by atoms with Crippen LogP contribution in [0.3, 0.4) is 0 Å². The number of hydrogen-bond donors (Lipinski definition) is 1. The molecule has 0 aliphatic rings. The monoisotopic (exact) mass is 411 g/mol. The number of ether oxygens (including phenoxy) is 2. The number of benzene rings is 2. The molecule has 0 aromatic heterocycles. The van der Waals surface area contributed by atoms with Crippen molar-refractivity contribution in [3.05, 3.63) is 42.5 Å². The summed E-state index contributed by atoms with van der Waals surface area (Å²) in [5, 5.41) is 0. The van der Waals surface area contributed by atoms with E-state index in [0.717, 1.165) is 12.3 Å². The van der Waals surface area contributed by atoms with Gasteiger partial charge in [-0.1, -0.05) is 18.2 Å². The lowest BCUT2D eigenvalue weighted by molar-refractivity contribution is -0.275. The van der Waals surface area contributed by atoms with Gasteiger partial charge in [0.25, 0.3) is 0 Å². The van der Waals surface area contributed by atoms with E-state index >= 15 is 0 Å². The summed E-state index contributed by atoms with van der Waals surface area (Å²) in [6.07, 6.45) is -3.79. The van der Waals surface area contributed by atoms with Crippen LogP contribution in [-0.2, 0) is 9.84 Å². The van der Waals surface area contributed by atoms with Gasteiger partial charge in [-0.15, -0.1) is 25.6 Å². The smallest absolute Gasteiger partial charge is 0.488 e. The fraction of sp³-hybridized carbons (Fsp3) is 0.250. The van der Waals surface area contributed by atoms with Crippen molar-refractivity contribution < 1.29 is 31.1 Å². The quantitative estimate of drug-likeness (QED) is 0.788. The minimum absolute atomic E-state index is 0. The maximum absolute atomic E-state index is 12.5. The van der Waals surface area contributed by atoms with Gasteiger partial charge in [0.15, 0.2) is 21.3 Å². The highest BCUT2D eigenvalue weighted by molar-refractivity contribution is 7.90. The molecule has 0 atom stereocenters. The summed E-state index contributed by atoms with van der Waals surface area (Å²) in [7, 11) is -3.41. The third kappa shape index (κ3) is 6.08. The average Bonchev–Trinajstić information content (AvgIpc) is 2.52. The first-order valence-electron chi connectivity index (χ1n) is 7.13. The zero-order chi connectivity index (χ0) is 18.7. The number of sulfone groups is 1. The highest BCUT2D eigenvalue weighted by Crippen LogP contribution is 2.36. The Kier molecular flexibility index (Phi) is 7.31. The summed E-state index contributed by atoms with van der Waals surface area (Å²) >= 11 is 0. The van der Waals surface area contributed by atoms with Crippen molar-refractivity contribution in [2.45, 2.75) is 11.3 Å². The molecule has 0 unspecified atom stereocenters. The van der Waals surface area contributed by atoms with Crippen LogP contribution in [-0.4, -0.2) is 34.2 Å². The lowest BCUT2D eigenvalue weighted by Crippen LogP contribution is -2.18. The van der Waals surface area contributed by atoms with Crippen molar-refractivity contribution in [2.24, 2.45) is 5.73 Å². The maximum Gasteiger partial charge on any atom is 0.573 e. The van der Waals surface area contributed by atoms with Gasteiger partial charge in [-0.2, -0.15) is 0 Å². The second kappa shape index (κ2) is 8.61. The zero-order valence-electron chi connectivity index (χ0n) is 13.6. The van der Waals surface area contributed by atoms with Gasteiger partial charge >= 0.3 is 6.36 Å².